The summed E-state index contributed by atoms with van der Waals surface area (Å²) in [6.07, 6.45) is 6.69. The highest BCUT2D eigenvalue weighted by Crippen LogP contribution is 2.18. The first-order valence-electron chi connectivity index (χ1n) is 6.58. The Morgan fingerprint density at radius 3 is 2.38 bits per heavy atom. The Hall–Kier alpha value is -0.990. The van der Waals surface area contributed by atoms with E-state index in [2.05, 4.69) is 25.3 Å². The van der Waals surface area contributed by atoms with Crippen LogP contribution in [0.3, 0.4) is 0 Å². The normalized spacial score (nSPS) is 10.9. The summed E-state index contributed by atoms with van der Waals surface area (Å²) < 4.78 is 2.20. The summed E-state index contributed by atoms with van der Waals surface area (Å²) in [7, 11) is 0. The molecule has 0 atom stereocenters. The lowest BCUT2D eigenvalue weighted by molar-refractivity contribution is 0.637. The number of nitrogens with zero attached hydrogens (tertiary/aromatic N) is 2. The van der Waals surface area contributed by atoms with E-state index in [9.17, 15) is 0 Å². The van der Waals surface area contributed by atoms with Crippen molar-refractivity contribution in [2.24, 2.45) is 0 Å². The third-order valence-electron chi connectivity index (χ3n) is 2.85. The predicted octanol–water partition coefficient (Wildman–Crippen LogP) is 3.17. The van der Waals surface area contributed by atoms with Gasteiger partial charge in [-0.25, -0.2) is 4.98 Å². The van der Waals surface area contributed by atoms with Crippen LogP contribution in [0, 0.1) is 0 Å². The largest absolute Gasteiger partial charge is 0.384 e. The van der Waals surface area contributed by atoms with Gasteiger partial charge in [-0.2, -0.15) is 0 Å². The van der Waals surface area contributed by atoms with Gasteiger partial charge in [0, 0.05) is 13.0 Å². The highest BCUT2D eigenvalue weighted by atomic mass is 15.1. The molecule has 92 valence electrons. The van der Waals surface area contributed by atoms with Crippen molar-refractivity contribution in [2.45, 2.75) is 65.8 Å². The Balaban J connectivity index is 2.88. The molecule has 0 radical (unpaired) electrons. The molecule has 0 aliphatic carbocycles. The Morgan fingerprint density at radius 1 is 1.06 bits per heavy atom. The van der Waals surface area contributed by atoms with Gasteiger partial charge in [0.2, 0.25) is 0 Å². The van der Waals surface area contributed by atoms with Crippen molar-refractivity contribution in [3.05, 3.63) is 11.5 Å². The van der Waals surface area contributed by atoms with Crippen molar-refractivity contribution in [3.63, 3.8) is 0 Å². The molecule has 0 bridgehead atoms. The maximum Gasteiger partial charge on any atom is 0.126 e. The molecular weight excluding hydrogens is 198 g/mol. The van der Waals surface area contributed by atoms with Gasteiger partial charge in [0.05, 0.1) is 5.69 Å². The minimum atomic E-state index is 0.902. The van der Waals surface area contributed by atoms with Crippen molar-refractivity contribution < 1.29 is 0 Å². The lowest BCUT2D eigenvalue weighted by Gasteiger charge is -2.07. The third kappa shape index (κ3) is 3.00. The Labute approximate surface area is 99.1 Å². The van der Waals surface area contributed by atoms with Gasteiger partial charge in [-0.3, -0.25) is 0 Å². The maximum absolute atomic E-state index is 6.16. The van der Waals surface area contributed by atoms with Gasteiger partial charge in [-0.05, 0) is 25.7 Å². The zero-order valence-corrected chi connectivity index (χ0v) is 10.9. The lowest BCUT2D eigenvalue weighted by Crippen LogP contribution is -2.07. The minimum absolute atomic E-state index is 0.902. The van der Waals surface area contributed by atoms with E-state index >= 15 is 0 Å². The molecule has 0 amide bonds. The van der Waals surface area contributed by atoms with Gasteiger partial charge in [-0.1, -0.05) is 27.2 Å². The van der Waals surface area contributed by atoms with Crippen LogP contribution in [0.25, 0.3) is 0 Å². The average Bonchev–Trinajstić information content (AvgIpc) is 2.56. The van der Waals surface area contributed by atoms with Crippen molar-refractivity contribution in [1.82, 2.24) is 9.55 Å². The molecule has 1 aromatic heterocycles. The number of unbranched alkanes of at least 4 members (excludes halogenated alkanes) is 1. The number of hydrogen-bond donors (Lipinski definition) is 1. The van der Waals surface area contributed by atoms with Crippen molar-refractivity contribution in [2.75, 3.05) is 5.73 Å². The number of aromatic nitrogens is 2. The Bertz CT molecular complexity index is 315. The maximum atomic E-state index is 6.16. The first kappa shape index (κ1) is 13.1. The summed E-state index contributed by atoms with van der Waals surface area (Å²) in [6, 6.07) is 0. The summed E-state index contributed by atoms with van der Waals surface area (Å²) in [5.41, 5.74) is 7.27. The smallest absolute Gasteiger partial charge is 0.126 e. The van der Waals surface area contributed by atoms with Gasteiger partial charge >= 0.3 is 0 Å². The number of imidazole rings is 1. The summed E-state index contributed by atoms with van der Waals surface area (Å²) in [5, 5.41) is 0. The number of anilines is 1. The second-order valence-corrected chi connectivity index (χ2v) is 4.37. The van der Waals surface area contributed by atoms with E-state index in [-0.39, 0.29) is 0 Å². The number of hydrogen-bond acceptors (Lipinski definition) is 2. The first-order valence-corrected chi connectivity index (χ1v) is 6.58. The SMILES string of the molecule is CCCCc1nc(CCC)n(CCC)c1N. The van der Waals surface area contributed by atoms with Crippen molar-refractivity contribution >= 4 is 5.82 Å². The summed E-state index contributed by atoms with van der Waals surface area (Å²) in [5.74, 6) is 2.08. The molecular formula is C13H25N3. The summed E-state index contributed by atoms with van der Waals surface area (Å²) >= 11 is 0. The molecule has 16 heavy (non-hydrogen) atoms. The fourth-order valence-electron chi connectivity index (χ4n) is 1.98. The molecule has 0 aromatic carbocycles. The predicted molar refractivity (Wildman–Crippen MR) is 69.5 cm³/mol. The van der Waals surface area contributed by atoms with Gasteiger partial charge in [0.15, 0.2) is 0 Å². The van der Waals surface area contributed by atoms with Crippen LogP contribution in [0.4, 0.5) is 5.82 Å². The van der Waals surface area contributed by atoms with Crippen LogP contribution in [0.1, 0.15) is 58.0 Å². The zero-order chi connectivity index (χ0) is 12.0. The quantitative estimate of drug-likeness (QED) is 0.771. The van der Waals surface area contributed by atoms with Gasteiger partial charge < -0.3 is 10.3 Å². The molecule has 0 aliphatic heterocycles. The molecule has 0 aliphatic rings. The van der Waals surface area contributed by atoms with E-state index in [1.165, 1.54) is 18.7 Å². The van der Waals surface area contributed by atoms with E-state index in [1.807, 2.05) is 0 Å². The monoisotopic (exact) mass is 223 g/mol. The van der Waals surface area contributed by atoms with E-state index in [1.54, 1.807) is 0 Å². The first-order chi connectivity index (χ1) is 7.74. The van der Waals surface area contributed by atoms with E-state index in [4.69, 9.17) is 10.7 Å². The average molecular weight is 223 g/mol. The highest BCUT2D eigenvalue weighted by Gasteiger charge is 2.12. The second-order valence-electron chi connectivity index (χ2n) is 4.37. The molecule has 1 aromatic rings. The standard InChI is InChI=1S/C13H25N3/c1-4-7-9-11-13(14)16(10-6-3)12(15-11)8-5-2/h4-10,14H2,1-3H3. The van der Waals surface area contributed by atoms with Crippen LogP contribution in [-0.2, 0) is 19.4 Å². The fraction of sp³-hybridized carbons (Fsp3) is 0.769. The minimum Gasteiger partial charge on any atom is -0.384 e. The van der Waals surface area contributed by atoms with Crippen LogP contribution < -0.4 is 5.73 Å². The van der Waals surface area contributed by atoms with Crippen molar-refractivity contribution in [3.8, 4) is 0 Å². The van der Waals surface area contributed by atoms with E-state index in [0.29, 0.717) is 0 Å². The fourth-order valence-corrected chi connectivity index (χ4v) is 1.98. The molecule has 0 spiro atoms. The molecule has 3 nitrogen and oxygen atoms in total. The lowest BCUT2D eigenvalue weighted by atomic mass is 10.2. The van der Waals surface area contributed by atoms with Crippen LogP contribution in [0.2, 0.25) is 0 Å². The third-order valence-corrected chi connectivity index (χ3v) is 2.85. The summed E-state index contributed by atoms with van der Waals surface area (Å²) in [4.78, 5) is 4.69. The topological polar surface area (TPSA) is 43.8 Å². The van der Waals surface area contributed by atoms with Crippen LogP contribution in [0.15, 0.2) is 0 Å². The van der Waals surface area contributed by atoms with Gasteiger partial charge in [-0.15, -0.1) is 0 Å². The molecule has 1 rings (SSSR count). The molecule has 0 saturated carbocycles. The molecule has 1 heterocycles. The number of aryl methyl sites for hydroxylation is 2. The van der Waals surface area contributed by atoms with Crippen LogP contribution >= 0.6 is 0 Å². The molecule has 0 unspecified atom stereocenters. The molecule has 0 fully saturated rings. The zero-order valence-electron chi connectivity index (χ0n) is 10.9. The summed E-state index contributed by atoms with van der Waals surface area (Å²) in [6.45, 7) is 7.57. The molecule has 3 heteroatoms. The van der Waals surface area contributed by atoms with Crippen LogP contribution in [-0.4, -0.2) is 9.55 Å². The number of nitrogens with two attached hydrogens (primary N) is 1. The number of rotatable bonds is 7. The second kappa shape index (κ2) is 6.56. The molecule has 0 saturated heterocycles. The van der Waals surface area contributed by atoms with E-state index < -0.39 is 0 Å². The molecule has 2 N–H and O–H groups in total. The highest BCUT2D eigenvalue weighted by molar-refractivity contribution is 5.38. The van der Waals surface area contributed by atoms with Gasteiger partial charge in [0.25, 0.3) is 0 Å². The van der Waals surface area contributed by atoms with Crippen molar-refractivity contribution in [1.29, 1.82) is 0 Å². The Kier molecular flexibility index (Phi) is 5.36. The van der Waals surface area contributed by atoms with E-state index in [0.717, 1.165) is 43.7 Å². The van der Waals surface area contributed by atoms with Crippen LogP contribution in [0.5, 0.6) is 0 Å². The number of nitrogen functional groups attached to an aromatic ring is 1. The Morgan fingerprint density at radius 2 is 1.81 bits per heavy atom. The van der Waals surface area contributed by atoms with Gasteiger partial charge in [0.1, 0.15) is 11.6 Å².